The van der Waals surface area contributed by atoms with E-state index < -0.39 is 35.5 Å². The molecule has 0 radical (unpaired) electrons. The van der Waals surface area contributed by atoms with Crippen LogP contribution in [0.15, 0.2) is 28.1 Å². The van der Waals surface area contributed by atoms with Crippen molar-refractivity contribution in [3.05, 3.63) is 45.1 Å². The van der Waals surface area contributed by atoms with Crippen molar-refractivity contribution in [3.8, 4) is 0 Å². The van der Waals surface area contributed by atoms with Crippen molar-refractivity contribution in [2.75, 3.05) is 0 Å². The molecule has 1 amide bonds. The summed E-state index contributed by atoms with van der Waals surface area (Å²) >= 11 is 0. The third-order valence-corrected chi connectivity index (χ3v) is 2.60. The molecule has 0 atom stereocenters. The first-order chi connectivity index (χ1) is 9.38. The van der Waals surface area contributed by atoms with Crippen LogP contribution in [0.3, 0.4) is 0 Å². The van der Waals surface area contributed by atoms with Crippen LogP contribution in [0.4, 0.5) is 4.39 Å². The van der Waals surface area contributed by atoms with Crippen molar-refractivity contribution >= 4 is 11.9 Å². The van der Waals surface area contributed by atoms with Crippen LogP contribution in [-0.4, -0.2) is 26.5 Å². The van der Waals surface area contributed by atoms with Gasteiger partial charge in [-0.15, -0.1) is 5.06 Å². The Morgan fingerprint density at radius 2 is 2.10 bits per heavy atom. The summed E-state index contributed by atoms with van der Waals surface area (Å²) < 4.78 is 13.6. The summed E-state index contributed by atoms with van der Waals surface area (Å²) in [5.41, 5.74) is -1.81. The van der Waals surface area contributed by atoms with Gasteiger partial charge in [0.05, 0.1) is 11.9 Å². The Labute approximate surface area is 111 Å². The van der Waals surface area contributed by atoms with E-state index in [9.17, 15) is 23.6 Å². The summed E-state index contributed by atoms with van der Waals surface area (Å²) in [5.74, 6) is -2.60. The predicted octanol–water partition coefficient (Wildman–Crippen LogP) is -0.730. The molecular formula is C11H10FN3O5. The van der Waals surface area contributed by atoms with Gasteiger partial charge in [0.2, 0.25) is 5.82 Å². The van der Waals surface area contributed by atoms with Crippen LogP contribution in [0, 0.1) is 5.82 Å². The quantitative estimate of drug-likeness (QED) is 0.788. The molecule has 1 aliphatic rings. The minimum atomic E-state index is -1.21. The van der Waals surface area contributed by atoms with E-state index in [1.165, 1.54) is 0 Å². The number of hydrogen-bond donors (Lipinski definition) is 1. The van der Waals surface area contributed by atoms with E-state index in [2.05, 4.69) is 6.58 Å². The minimum Gasteiger partial charge on any atom is -0.331 e. The van der Waals surface area contributed by atoms with Crippen LogP contribution >= 0.6 is 0 Å². The highest BCUT2D eigenvalue weighted by Gasteiger charge is 2.28. The Balaban J connectivity index is 2.11. The number of aromatic nitrogens is 2. The SMILES string of the molecule is C=C1CCC(=O)N1OC(=O)Cn1cc(F)c(=O)[nH]c1=O. The number of nitrogens with one attached hydrogen (secondary N) is 1. The standard InChI is InChI=1S/C11H10FN3O5/c1-6-2-3-8(16)15(6)20-9(17)5-14-4-7(12)10(18)13-11(14)19/h4H,1-3,5H2,(H,13,18,19). The average molecular weight is 283 g/mol. The number of hydroxylamine groups is 2. The topological polar surface area (TPSA) is 101 Å². The lowest BCUT2D eigenvalue weighted by Gasteiger charge is -2.15. The second-order valence-corrected chi connectivity index (χ2v) is 4.08. The van der Waals surface area contributed by atoms with Gasteiger partial charge in [0, 0.05) is 6.42 Å². The molecule has 1 saturated heterocycles. The minimum absolute atomic E-state index is 0.180. The molecule has 1 aromatic rings. The van der Waals surface area contributed by atoms with Crippen molar-refractivity contribution in [2.24, 2.45) is 0 Å². The number of carbonyl (C=O) groups excluding carboxylic acids is 2. The van der Waals surface area contributed by atoms with Crippen molar-refractivity contribution in [3.63, 3.8) is 0 Å². The van der Waals surface area contributed by atoms with Gasteiger partial charge >= 0.3 is 11.7 Å². The fourth-order valence-electron chi connectivity index (χ4n) is 1.62. The number of amides is 1. The molecule has 9 heteroatoms. The molecule has 0 bridgehead atoms. The number of carbonyl (C=O) groups is 2. The Morgan fingerprint density at radius 3 is 2.70 bits per heavy atom. The van der Waals surface area contributed by atoms with Gasteiger partial charge in [-0.2, -0.15) is 4.39 Å². The Kier molecular flexibility index (Phi) is 3.51. The van der Waals surface area contributed by atoms with E-state index in [1.54, 1.807) is 4.98 Å². The lowest BCUT2D eigenvalue weighted by Crippen LogP contribution is -2.35. The fourth-order valence-corrected chi connectivity index (χ4v) is 1.62. The van der Waals surface area contributed by atoms with Crippen LogP contribution in [0.1, 0.15) is 12.8 Å². The number of nitrogens with zero attached hydrogens (tertiary/aromatic N) is 2. The summed E-state index contributed by atoms with van der Waals surface area (Å²) in [5, 5.41) is 0.745. The van der Waals surface area contributed by atoms with E-state index in [1.807, 2.05) is 0 Å². The first-order valence-electron chi connectivity index (χ1n) is 5.59. The lowest BCUT2D eigenvalue weighted by atomic mass is 10.3. The predicted molar refractivity (Wildman–Crippen MR) is 62.6 cm³/mol. The summed E-state index contributed by atoms with van der Waals surface area (Å²) in [6.45, 7) is 2.89. The maximum Gasteiger partial charge on any atom is 0.352 e. The molecule has 1 aliphatic heterocycles. The number of allylic oxidation sites excluding steroid dienone is 1. The van der Waals surface area contributed by atoms with E-state index in [0.29, 0.717) is 22.9 Å². The molecule has 0 aliphatic carbocycles. The van der Waals surface area contributed by atoms with Crippen LogP contribution in [0.2, 0.25) is 0 Å². The first kappa shape index (κ1) is 13.7. The summed E-state index contributed by atoms with van der Waals surface area (Å²) in [4.78, 5) is 51.5. The van der Waals surface area contributed by atoms with Crippen molar-refractivity contribution in [2.45, 2.75) is 19.4 Å². The van der Waals surface area contributed by atoms with E-state index in [0.717, 1.165) is 5.06 Å². The van der Waals surface area contributed by atoms with Gasteiger partial charge in [0.15, 0.2) is 0 Å². The van der Waals surface area contributed by atoms with Crippen LogP contribution < -0.4 is 11.2 Å². The van der Waals surface area contributed by atoms with Gasteiger partial charge in [-0.05, 0) is 6.42 Å². The second kappa shape index (κ2) is 5.11. The number of hydrogen-bond acceptors (Lipinski definition) is 5. The highest BCUT2D eigenvalue weighted by Crippen LogP contribution is 2.20. The van der Waals surface area contributed by atoms with Crippen LogP contribution in [0.5, 0.6) is 0 Å². The monoisotopic (exact) mass is 283 g/mol. The molecule has 1 fully saturated rings. The molecule has 0 spiro atoms. The zero-order valence-corrected chi connectivity index (χ0v) is 10.2. The van der Waals surface area contributed by atoms with E-state index >= 15 is 0 Å². The third-order valence-electron chi connectivity index (χ3n) is 2.60. The highest BCUT2D eigenvalue weighted by atomic mass is 19.1. The summed E-state index contributed by atoms with van der Waals surface area (Å²) in [6, 6.07) is 0. The average Bonchev–Trinajstić information content (AvgIpc) is 2.68. The molecule has 20 heavy (non-hydrogen) atoms. The van der Waals surface area contributed by atoms with Crippen molar-refractivity contribution in [1.82, 2.24) is 14.6 Å². The second-order valence-electron chi connectivity index (χ2n) is 4.08. The van der Waals surface area contributed by atoms with Gasteiger partial charge in [-0.3, -0.25) is 19.1 Å². The number of aromatic amines is 1. The molecule has 8 nitrogen and oxygen atoms in total. The van der Waals surface area contributed by atoms with Gasteiger partial charge < -0.3 is 4.84 Å². The maximum atomic E-state index is 13.0. The van der Waals surface area contributed by atoms with Gasteiger partial charge in [-0.1, -0.05) is 6.58 Å². The summed E-state index contributed by atoms with van der Waals surface area (Å²) in [6.07, 6.45) is 1.14. The zero-order valence-electron chi connectivity index (χ0n) is 10.2. The van der Waals surface area contributed by atoms with Gasteiger partial charge in [0.25, 0.3) is 11.5 Å². The molecule has 0 saturated carbocycles. The van der Waals surface area contributed by atoms with Crippen LogP contribution in [-0.2, 0) is 21.0 Å². The number of halogens is 1. The molecule has 1 aromatic heterocycles. The fraction of sp³-hybridized carbons (Fsp3) is 0.273. The smallest absolute Gasteiger partial charge is 0.331 e. The van der Waals surface area contributed by atoms with Crippen LogP contribution in [0.25, 0.3) is 0 Å². The molecule has 0 aromatic carbocycles. The largest absolute Gasteiger partial charge is 0.352 e. The zero-order chi connectivity index (χ0) is 14.9. The Hall–Kier alpha value is -2.71. The molecular weight excluding hydrogens is 273 g/mol. The van der Waals surface area contributed by atoms with E-state index in [4.69, 9.17) is 4.84 Å². The maximum absolute atomic E-state index is 13.0. The van der Waals surface area contributed by atoms with Crippen molar-refractivity contribution in [1.29, 1.82) is 0 Å². The van der Waals surface area contributed by atoms with Gasteiger partial charge in [-0.25, -0.2) is 9.59 Å². The molecule has 106 valence electrons. The van der Waals surface area contributed by atoms with E-state index in [-0.39, 0.29) is 6.42 Å². The Morgan fingerprint density at radius 1 is 1.40 bits per heavy atom. The lowest BCUT2D eigenvalue weighted by molar-refractivity contribution is -0.187. The third kappa shape index (κ3) is 2.66. The number of H-pyrrole nitrogens is 1. The molecule has 1 N–H and O–H groups in total. The summed E-state index contributed by atoms with van der Waals surface area (Å²) in [7, 11) is 0. The molecule has 2 heterocycles. The number of rotatable bonds is 3. The Bertz CT molecular complexity index is 689. The highest BCUT2D eigenvalue weighted by molar-refractivity contribution is 5.82. The van der Waals surface area contributed by atoms with Gasteiger partial charge in [0.1, 0.15) is 6.54 Å². The molecule has 0 unspecified atom stereocenters. The molecule has 2 rings (SSSR count). The normalized spacial score (nSPS) is 14.8. The van der Waals surface area contributed by atoms with Crippen molar-refractivity contribution < 1.29 is 18.8 Å². The first-order valence-corrected chi connectivity index (χ1v) is 5.59.